The van der Waals surface area contributed by atoms with Gasteiger partial charge in [0.1, 0.15) is 5.69 Å². The highest BCUT2D eigenvalue weighted by molar-refractivity contribution is 6.31. The molecule has 1 aromatic heterocycles. The van der Waals surface area contributed by atoms with E-state index in [0.29, 0.717) is 27.8 Å². The Balaban J connectivity index is 1.50. The minimum atomic E-state index is -0.266. The van der Waals surface area contributed by atoms with Crippen LogP contribution in [0.25, 0.3) is 0 Å². The van der Waals surface area contributed by atoms with Crippen molar-refractivity contribution in [1.82, 2.24) is 10.3 Å². The predicted molar refractivity (Wildman–Crippen MR) is 118 cm³/mol. The number of hydrogen-bond acceptors (Lipinski definition) is 3. The molecule has 30 heavy (non-hydrogen) atoms. The summed E-state index contributed by atoms with van der Waals surface area (Å²) in [6.45, 7) is 2.53. The second-order valence-corrected chi connectivity index (χ2v) is 8.03. The van der Waals surface area contributed by atoms with Crippen LogP contribution >= 0.6 is 23.2 Å². The molecule has 0 radical (unpaired) electrons. The number of nitrogens with zero attached hydrogens (tertiary/aromatic N) is 2. The lowest BCUT2D eigenvalue weighted by Gasteiger charge is -2.19. The summed E-state index contributed by atoms with van der Waals surface area (Å²) < 4.78 is 0. The molecule has 0 saturated carbocycles. The van der Waals surface area contributed by atoms with Gasteiger partial charge in [-0.1, -0.05) is 41.4 Å². The number of aromatic nitrogens is 1. The van der Waals surface area contributed by atoms with Gasteiger partial charge in [0.2, 0.25) is 0 Å². The first-order valence-electron chi connectivity index (χ1n) is 9.55. The van der Waals surface area contributed by atoms with Crippen LogP contribution in [0.1, 0.15) is 44.9 Å². The fourth-order valence-electron chi connectivity index (χ4n) is 3.54. The first-order chi connectivity index (χ1) is 14.4. The van der Waals surface area contributed by atoms with Crippen LogP contribution in [0.2, 0.25) is 10.0 Å². The summed E-state index contributed by atoms with van der Waals surface area (Å²) in [4.78, 5) is 31.1. The Morgan fingerprint density at radius 2 is 1.90 bits per heavy atom. The number of hydrogen-bond donors (Lipinski definition) is 1. The number of carbonyl (C=O) groups is 2. The van der Waals surface area contributed by atoms with E-state index >= 15 is 0 Å². The maximum absolute atomic E-state index is 12.9. The molecule has 7 heteroatoms. The topological polar surface area (TPSA) is 62.3 Å². The Morgan fingerprint density at radius 3 is 2.63 bits per heavy atom. The molecular formula is C23H19Cl2N3O2. The van der Waals surface area contributed by atoms with Gasteiger partial charge in [0.15, 0.2) is 0 Å². The molecule has 1 unspecified atom stereocenters. The second kappa shape index (κ2) is 8.46. The first-order valence-corrected chi connectivity index (χ1v) is 10.3. The van der Waals surface area contributed by atoms with E-state index in [-0.39, 0.29) is 17.9 Å². The lowest BCUT2D eigenvalue weighted by atomic mass is 10.0. The van der Waals surface area contributed by atoms with Gasteiger partial charge in [-0.15, -0.1) is 0 Å². The highest BCUT2D eigenvalue weighted by Crippen LogP contribution is 2.32. The summed E-state index contributed by atoms with van der Waals surface area (Å²) in [6.07, 6.45) is 2.21. The van der Waals surface area contributed by atoms with Gasteiger partial charge in [0.05, 0.1) is 11.1 Å². The Bertz CT molecular complexity index is 1120. The summed E-state index contributed by atoms with van der Waals surface area (Å²) in [6, 6.07) is 15.9. The molecule has 1 atom stereocenters. The normalized spacial score (nSPS) is 13.6. The molecule has 0 saturated heterocycles. The van der Waals surface area contributed by atoms with Crippen LogP contribution < -0.4 is 10.2 Å². The molecule has 0 fully saturated rings. The predicted octanol–water partition coefficient (Wildman–Crippen LogP) is 5.08. The van der Waals surface area contributed by atoms with Gasteiger partial charge in [-0.3, -0.25) is 9.59 Å². The van der Waals surface area contributed by atoms with E-state index in [4.69, 9.17) is 23.2 Å². The molecule has 1 N–H and O–H groups in total. The van der Waals surface area contributed by atoms with Crippen LogP contribution in [0.5, 0.6) is 0 Å². The Labute approximate surface area is 184 Å². The minimum absolute atomic E-state index is 0.0702. The van der Waals surface area contributed by atoms with Gasteiger partial charge in [-0.05, 0) is 60.9 Å². The Kier molecular flexibility index (Phi) is 5.75. The van der Waals surface area contributed by atoms with E-state index in [9.17, 15) is 9.59 Å². The van der Waals surface area contributed by atoms with Gasteiger partial charge in [0, 0.05) is 29.0 Å². The van der Waals surface area contributed by atoms with Crippen molar-refractivity contribution in [3.8, 4) is 0 Å². The zero-order valence-corrected chi connectivity index (χ0v) is 17.7. The maximum Gasteiger partial charge on any atom is 0.270 e. The van der Waals surface area contributed by atoms with Crippen molar-refractivity contribution in [3.05, 3.63) is 93.2 Å². The largest absolute Gasteiger partial charge is 0.344 e. The van der Waals surface area contributed by atoms with E-state index in [1.54, 1.807) is 41.3 Å². The second-order valence-electron chi connectivity index (χ2n) is 7.16. The standard InChI is InChI=1S/C23H19Cl2N3O2/c1-14(27-22(29)20-7-6-19(25)13-26-20)15-5-8-21-16(11-15)9-10-28(21)23(30)17-3-2-4-18(24)12-17/h2-8,11-14H,9-10H2,1H3,(H,27,29). The number of pyridine rings is 1. The van der Waals surface area contributed by atoms with Gasteiger partial charge in [-0.2, -0.15) is 0 Å². The Morgan fingerprint density at radius 1 is 1.07 bits per heavy atom. The number of nitrogens with one attached hydrogen (secondary N) is 1. The zero-order valence-electron chi connectivity index (χ0n) is 16.2. The van der Waals surface area contributed by atoms with Gasteiger partial charge < -0.3 is 10.2 Å². The van der Waals surface area contributed by atoms with Crippen molar-refractivity contribution in [2.75, 3.05) is 11.4 Å². The summed E-state index contributed by atoms with van der Waals surface area (Å²) in [5.41, 5.74) is 3.81. The molecule has 1 aliphatic heterocycles. The van der Waals surface area contributed by atoms with Crippen molar-refractivity contribution in [3.63, 3.8) is 0 Å². The smallest absolute Gasteiger partial charge is 0.270 e. The maximum atomic E-state index is 12.9. The summed E-state index contributed by atoms with van der Waals surface area (Å²) in [5, 5.41) is 3.97. The van der Waals surface area contributed by atoms with E-state index in [0.717, 1.165) is 23.2 Å². The average molecular weight is 440 g/mol. The molecular weight excluding hydrogens is 421 g/mol. The third-order valence-electron chi connectivity index (χ3n) is 5.12. The Hall–Kier alpha value is -2.89. The van der Waals surface area contributed by atoms with Crippen LogP contribution in [-0.2, 0) is 6.42 Å². The summed E-state index contributed by atoms with van der Waals surface area (Å²) >= 11 is 11.9. The third-order valence-corrected chi connectivity index (χ3v) is 5.58. The van der Waals surface area contributed by atoms with Crippen molar-refractivity contribution in [2.24, 2.45) is 0 Å². The fourth-order valence-corrected chi connectivity index (χ4v) is 3.85. The van der Waals surface area contributed by atoms with Gasteiger partial charge in [0.25, 0.3) is 11.8 Å². The lowest BCUT2D eigenvalue weighted by molar-refractivity contribution is 0.0934. The quantitative estimate of drug-likeness (QED) is 0.616. The highest BCUT2D eigenvalue weighted by atomic mass is 35.5. The first kappa shape index (κ1) is 20.4. The number of anilines is 1. The van der Waals surface area contributed by atoms with E-state index in [1.807, 2.05) is 25.1 Å². The lowest BCUT2D eigenvalue weighted by Crippen LogP contribution is -2.29. The number of halogens is 2. The number of amides is 2. The van der Waals surface area contributed by atoms with Crippen molar-refractivity contribution < 1.29 is 9.59 Å². The molecule has 2 amide bonds. The number of fused-ring (bicyclic) bond motifs is 1. The number of carbonyl (C=O) groups excluding carboxylic acids is 2. The SMILES string of the molecule is CC(NC(=O)c1ccc(Cl)cn1)c1ccc2c(c1)CCN2C(=O)c1cccc(Cl)c1. The van der Waals surface area contributed by atoms with Crippen LogP contribution in [0.4, 0.5) is 5.69 Å². The van der Waals surface area contributed by atoms with Crippen LogP contribution in [0, 0.1) is 0 Å². The number of benzene rings is 2. The van der Waals surface area contributed by atoms with Gasteiger partial charge in [-0.25, -0.2) is 4.98 Å². The molecule has 0 spiro atoms. The monoisotopic (exact) mass is 439 g/mol. The van der Waals surface area contributed by atoms with Crippen molar-refractivity contribution in [2.45, 2.75) is 19.4 Å². The number of rotatable bonds is 4. The third kappa shape index (κ3) is 4.18. The highest BCUT2D eigenvalue weighted by Gasteiger charge is 2.26. The summed E-state index contributed by atoms with van der Waals surface area (Å²) in [5.74, 6) is -0.336. The van der Waals surface area contributed by atoms with E-state index in [1.165, 1.54) is 6.20 Å². The van der Waals surface area contributed by atoms with Crippen molar-refractivity contribution in [1.29, 1.82) is 0 Å². The van der Waals surface area contributed by atoms with Crippen LogP contribution in [0.3, 0.4) is 0 Å². The molecule has 4 rings (SSSR count). The molecule has 152 valence electrons. The fraction of sp³-hybridized carbons (Fsp3) is 0.174. The molecule has 2 heterocycles. The molecule has 0 bridgehead atoms. The minimum Gasteiger partial charge on any atom is -0.344 e. The molecule has 3 aromatic rings. The van der Waals surface area contributed by atoms with Gasteiger partial charge >= 0.3 is 0 Å². The van der Waals surface area contributed by atoms with E-state index in [2.05, 4.69) is 10.3 Å². The van der Waals surface area contributed by atoms with Crippen molar-refractivity contribution >= 4 is 40.7 Å². The van der Waals surface area contributed by atoms with E-state index < -0.39 is 0 Å². The summed E-state index contributed by atoms with van der Waals surface area (Å²) in [7, 11) is 0. The van der Waals surface area contributed by atoms with Crippen LogP contribution in [-0.4, -0.2) is 23.3 Å². The van der Waals surface area contributed by atoms with Crippen LogP contribution in [0.15, 0.2) is 60.8 Å². The molecule has 5 nitrogen and oxygen atoms in total. The molecule has 1 aliphatic rings. The molecule has 0 aliphatic carbocycles. The molecule has 2 aromatic carbocycles. The average Bonchev–Trinajstić information content (AvgIpc) is 3.16. The zero-order chi connectivity index (χ0) is 21.3.